The molecule has 134 valence electrons. The smallest absolute Gasteiger partial charge is 0.318 e. The second-order valence-corrected chi connectivity index (χ2v) is 7.06. The summed E-state index contributed by atoms with van der Waals surface area (Å²) in [4.78, 5) is 17.2. The number of piperidine rings is 1. The van der Waals surface area contributed by atoms with Crippen LogP contribution in [0.3, 0.4) is 0 Å². The third kappa shape index (κ3) is 3.96. The number of rotatable bonds is 4. The van der Waals surface area contributed by atoms with Crippen molar-refractivity contribution in [2.45, 2.75) is 38.8 Å². The van der Waals surface area contributed by atoms with Gasteiger partial charge in [0.15, 0.2) is 0 Å². The average molecular weight is 339 g/mol. The quantitative estimate of drug-likeness (QED) is 0.913. The summed E-state index contributed by atoms with van der Waals surface area (Å²) in [6, 6.07) is 15.0. The minimum absolute atomic E-state index is 0.0149. The Labute approximate surface area is 150 Å². The number of nitrogens with zero attached hydrogens (tertiary/aromatic N) is 2. The molecule has 1 N–H and O–H groups in total. The number of likely N-dealkylation sites (tertiary alicyclic amines) is 1. The SMILES string of the molecule is CCN(C(=O)N[C@H](C)c1cccc2ccccc12)C1CCN(C)CC1. The van der Waals surface area contributed by atoms with Gasteiger partial charge in [-0.05, 0) is 63.2 Å². The third-order valence-electron chi connectivity index (χ3n) is 5.36. The van der Waals surface area contributed by atoms with Gasteiger partial charge in [-0.1, -0.05) is 42.5 Å². The second-order valence-electron chi connectivity index (χ2n) is 7.06. The Morgan fingerprint density at radius 3 is 2.60 bits per heavy atom. The van der Waals surface area contributed by atoms with Gasteiger partial charge in [0.25, 0.3) is 0 Å². The molecule has 4 heteroatoms. The fourth-order valence-electron chi connectivity index (χ4n) is 3.85. The van der Waals surface area contributed by atoms with Crippen molar-refractivity contribution in [3.63, 3.8) is 0 Å². The first-order chi connectivity index (χ1) is 12.1. The van der Waals surface area contributed by atoms with E-state index in [0.29, 0.717) is 6.04 Å². The molecule has 1 heterocycles. The van der Waals surface area contributed by atoms with E-state index < -0.39 is 0 Å². The molecular weight excluding hydrogens is 310 g/mol. The Morgan fingerprint density at radius 2 is 1.88 bits per heavy atom. The Kier molecular flexibility index (Phi) is 5.59. The monoisotopic (exact) mass is 339 g/mol. The summed E-state index contributed by atoms with van der Waals surface area (Å²) in [6.07, 6.45) is 2.11. The van der Waals surface area contributed by atoms with Gasteiger partial charge in [-0.2, -0.15) is 0 Å². The summed E-state index contributed by atoms with van der Waals surface area (Å²) in [5, 5.41) is 5.64. The van der Waals surface area contributed by atoms with Crippen LogP contribution in [0.1, 0.15) is 38.3 Å². The number of carbonyl (C=O) groups is 1. The number of nitrogens with one attached hydrogen (secondary N) is 1. The molecule has 0 bridgehead atoms. The first kappa shape index (κ1) is 17.7. The van der Waals surface area contributed by atoms with E-state index in [1.807, 2.05) is 11.0 Å². The van der Waals surface area contributed by atoms with E-state index in [4.69, 9.17) is 0 Å². The van der Waals surface area contributed by atoms with Crippen LogP contribution >= 0.6 is 0 Å². The maximum absolute atomic E-state index is 12.9. The topological polar surface area (TPSA) is 35.6 Å². The number of fused-ring (bicyclic) bond motifs is 1. The van der Waals surface area contributed by atoms with E-state index in [1.165, 1.54) is 16.3 Å². The lowest BCUT2D eigenvalue weighted by molar-refractivity contribution is 0.133. The van der Waals surface area contributed by atoms with E-state index in [0.717, 1.165) is 32.5 Å². The minimum atomic E-state index is -0.0149. The number of hydrogen-bond acceptors (Lipinski definition) is 2. The van der Waals surface area contributed by atoms with Gasteiger partial charge in [0.2, 0.25) is 0 Å². The molecule has 1 aliphatic heterocycles. The van der Waals surface area contributed by atoms with Crippen molar-refractivity contribution < 1.29 is 4.79 Å². The highest BCUT2D eigenvalue weighted by Gasteiger charge is 2.26. The molecule has 1 aliphatic rings. The highest BCUT2D eigenvalue weighted by atomic mass is 16.2. The van der Waals surface area contributed by atoms with Crippen molar-refractivity contribution in [2.24, 2.45) is 0 Å². The first-order valence-electron chi connectivity index (χ1n) is 9.33. The van der Waals surface area contributed by atoms with E-state index in [-0.39, 0.29) is 12.1 Å². The molecule has 0 aliphatic carbocycles. The van der Waals surface area contributed by atoms with Crippen LogP contribution < -0.4 is 5.32 Å². The number of hydrogen-bond donors (Lipinski definition) is 1. The lowest BCUT2D eigenvalue weighted by atomic mass is 9.99. The number of carbonyl (C=O) groups excluding carboxylic acids is 1. The first-order valence-corrected chi connectivity index (χ1v) is 9.33. The normalized spacial score (nSPS) is 17.4. The molecule has 25 heavy (non-hydrogen) atoms. The van der Waals surface area contributed by atoms with E-state index in [2.05, 4.69) is 67.5 Å². The number of urea groups is 1. The highest BCUT2D eigenvalue weighted by molar-refractivity contribution is 5.86. The Morgan fingerprint density at radius 1 is 1.20 bits per heavy atom. The van der Waals surface area contributed by atoms with Crippen LogP contribution in [-0.2, 0) is 0 Å². The molecule has 0 saturated carbocycles. The van der Waals surface area contributed by atoms with Crippen LogP contribution in [0.25, 0.3) is 10.8 Å². The lowest BCUT2D eigenvalue weighted by Crippen LogP contribution is -2.50. The molecular formula is C21H29N3O. The maximum Gasteiger partial charge on any atom is 0.318 e. The van der Waals surface area contributed by atoms with Crippen LogP contribution in [0.4, 0.5) is 4.79 Å². The predicted octanol–water partition coefficient (Wildman–Crippen LogP) is 4.03. The molecule has 2 amide bonds. The van der Waals surface area contributed by atoms with Crippen LogP contribution in [0.2, 0.25) is 0 Å². The summed E-state index contributed by atoms with van der Waals surface area (Å²) in [6.45, 7) is 7.02. The summed E-state index contributed by atoms with van der Waals surface area (Å²) in [7, 11) is 2.15. The molecule has 4 nitrogen and oxygen atoms in total. The van der Waals surface area contributed by atoms with Crippen molar-refractivity contribution in [1.29, 1.82) is 0 Å². The zero-order valence-corrected chi connectivity index (χ0v) is 15.5. The van der Waals surface area contributed by atoms with Gasteiger partial charge in [-0.3, -0.25) is 0 Å². The highest BCUT2D eigenvalue weighted by Crippen LogP contribution is 2.24. The van der Waals surface area contributed by atoms with Gasteiger partial charge < -0.3 is 15.1 Å². The van der Waals surface area contributed by atoms with E-state index in [1.54, 1.807) is 0 Å². The third-order valence-corrected chi connectivity index (χ3v) is 5.36. The molecule has 2 aromatic rings. The van der Waals surface area contributed by atoms with Gasteiger partial charge >= 0.3 is 6.03 Å². The molecule has 0 radical (unpaired) electrons. The molecule has 3 rings (SSSR count). The maximum atomic E-state index is 12.9. The van der Waals surface area contributed by atoms with E-state index >= 15 is 0 Å². The van der Waals surface area contributed by atoms with Crippen molar-refractivity contribution in [1.82, 2.24) is 15.1 Å². The summed E-state index contributed by atoms with van der Waals surface area (Å²) < 4.78 is 0. The van der Waals surface area contributed by atoms with Crippen LogP contribution in [0.5, 0.6) is 0 Å². The molecule has 2 aromatic carbocycles. The Hall–Kier alpha value is -2.07. The molecule has 1 atom stereocenters. The zero-order chi connectivity index (χ0) is 17.8. The molecule has 0 aromatic heterocycles. The number of amides is 2. The fourth-order valence-corrected chi connectivity index (χ4v) is 3.85. The lowest BCUT2D eigenvalue weighted by Gasteiger charge is -2.37. The summed E-state index contributed by atoms with van der Waals surface area (Å²) >= 11 is 0. The Bertz CT molecular complexity index is 717. The van der Waals surface area contributed by atoms with Gasteiger partial charge in [0.05, 0.1) is 6.04 Å². The fraction of sp³-hybridized carbons (Fsp3) is 0.476. The molecule has 1 fully saturated rings. The van der Waals surface area contributed by atoms with Crippen molar-refractivity contribution in [3.8, 4) is 0 Å². The molecule has 0 spiro atoms. The van der Waals surface area contributed by atoms with Crippen LogP contribution in [0, 0.1) is 0 Å². The second kappa shape index (κ2) is 7.87. The van der Waals surface area contributed by atoms with Crippen LogP contribution in [-0.4, -0.2) is 48.6 Å². The van der Waals surface area contributed by atoms with Crippen molar-refractivity contribution >= 4 is 16.8 Å². The zero-order valence-electron chi connectivity index (χ0n) is 15.5. The van der Waals surface area contributed by atoms with E-state index in [9.17, 15) is 4.79 Å². The standard InChI is InChI=1S/C21H29N3O/c1-4-24(18-12-14-23(3)15-13-18)21(25)22-16(2)19-11-7-9-17-8-5-6-10-20(17)19/h5-11,16,18H,4,12-15H2,1-3H3,(H,22,25)/t16-/m1/s1. The predicted molar refractivity (Wildman–Crippen MR) is 104 cm³/mol. The van der Waals surface area contributed by atoms with Crippen LogP contribution in [0.15, 0.2) is 42.5 Å². The van der Waals surface area contributed by atoms with Gasteiger partial charge in [-0.15, -0.1) is 0 Å². The summed E-state index contributed by atoms with van der Waals surface area (Å²) in [5.41, 5.74) is 1.17. The number of benzene rings is 2. The van der Waals surface area contributed by atoms with Crippen molar-refractivity contribution in [3.05, 3.63) is 48.0 Å². The van der Waals surface area contributed by atoms with Gasteiger partial charge in [0, 0.05) is 12.6 Å². The average Bonchev–Trinajstić information content (AvgIpc) is 2.63. The Balaban J connectivity index is 1.72. The minimum Gasteiger partial charge on any atom is -0.331 e. The molecule has 0 unspecified atom stereocenters. The van der Waals surface area contributed by atoms with Gasteiger partial charge in [0.1, 0.15) is 0 Å². The largest absolute Gasteiger partial charge is 0.331 e. The summed E-state index contributed by atoms with van der Waals surface area (Å²) in [5.74, 6) is 0. The molecule has 1 saturated heterocycles. The van der Waals surface area contributed by atoms with Crippen molar-refractivity contribution in [2.75, 3.05) is 26.7 Å². The van der Waals surface area contributed by atoms with Gasteiger partial charge in [-0.25, -0.2) is 4.79 Å².